The molecule has 2 aromatic carbocycles. The predicted octanol–water partition coefficient (Wildman–Crippen LogP) is 3.66. The highest BCUT2D eigenvalue weighted by Crippen LogP contribution is 2.33. The number of anilines is 2. The van der Waals surface area contributed by atoms with Gasteiger partial charge in [0, 0.05) is 29.7 Å². The number of ether oxygens (including phenoxy) is 2. The van der Waals surface area contributed by atoms with Gasteiger partial charge in [-0.15, -0.1) is 0 Å². The van der Waals surface area contributed by atoms with Crippen LogP contribution in [-0.2, 0) is 9.59 Å². The Bertz CT molecular complexity index is 884. The van der Waals surface area contributed by atoms with E-state index in [9.17, 15) is 9.59 Å². The van der Waals surface area contributed by atoms with Crippen molar-refractivity contribution in [1.82, 2.24) is 0 Å². The number of nitrogens with one attached hydrogen (secondary N) is 1. The minimum atomic E-state index is -0.456. The smallest absolute Gasteiger partial charge is 0.229 e. The standard InChI is InChI=1S/C20H21ClN2O4/c1-12-15(21)5-4-6-17(12)23-11-13(9-19(23)24)20(25)22-16-8-7-14(26-2)10-18(16)27-3/h4-8,10,13H,9,11H2,1-3H3,(H,22,25). The predicted molar refractivity (Wildman–Crippen MR) is 105 cm³/mol. The molecule has 7 heteroatoms. The summed E-state index contributed by atoms with van der Waals surface area (Å²) in [6.07, 6.45) is 0.149. The second kappa shape index (κ2) is 7.88. The molecule has 0 radical (unpaired) electrons. The highest BCUT2D eigenvalue weighted by molar-refractivity contribution is 6.31. The molecular weight excluding hydrogens is 368 g/mol. The van der Waals surface area contributed by atoms with Crippen LogP contribution in [0.5, 0.6) is 11.5 Å². The van der Waals surface area contributed by atoms with Gasteiger partial charge in [0.05, 0.1) is 25.8 Å². The molecule has 1 aliphatic rings. The lowest BCUT2D eigenvalue weighted by Gasteiger charge is -2.20. The molecule has 1 fully saturated rings. The van der Waals surface area contributed by atoms with Crippen molar-refractivity contribution < 1.29 is 19.1 Å². The molecule has 0 aromatic heterocycles. The quantitative estimate of drug-likeness (QED) is 0.848. The first-order chi connectivity index (χ1) is 12.9. The molecule has 2 amide bonds. The molecule has 0 bridgehead atoms. The van der Waals surface area contributed by atoms with Crippen molar-refractivity contribution >= 4 is 34.8 Å². The Morgan fingerprint density at radius 3 is 2.70 bits per heavy atom. The summed E-state index contributed by atoms with van der Waals surface area (Å²) in [4.78, 5) is 26.8. The Morgan fingerprint density at radius 1 is 1.22 bits per heavy atom. The normalized spacial score (nSPS) is 16.4. The van der Waals surface area contributed by atoms with Crippen molar-refractivity contribution in [3.05, 3.63) is 47.0 Å². The van der Waals surface area contributed by atoms with E-state index in [-0.39, 0.29) is 18.2 Å². The molecular formula is C20H21ClN2O4. The van der Waals surface area contributed by atoms with Crippen LogP contribution >= 0.6 is 11.6 Å². The molecule has 2 aromatic rings. The molecule has 1 atom stereocenters. The summed E-state index contributed by atoms with van der Waals surface area (Å²) < 4.78 is 10.5. The van der Waals surface area contributed by atoms with Crippen LogP contribution in [0.2, 0.25) is 5.02 Å². The SMILES string of the molecule is COc1ccc(NC(=O)C2CC(=O)N(c3cccc(Cl)c3C)C2)c(OC)c1. The zero-order valence-electron chi connectivity index (χ0n) is 15.4. The van der Waals surface area contributed by atoms with Crippen LogP contribution in [0.25, 0.3) is 0 Å². The van der Waals surface area contributed by atoms with E-state index in [0.29, 0.717) is 28.8 Å². The van der Waals surface area contributed by atoms with Crippen LogP contribution in [-0.4, -0.2) is 32.6 Å². The molecule has 1 unspecified atom stereocenters. The maximum Gasteiger partial charge on any atom is 0.229 e. The van der Waals surface area contributed by atoms with Crippen LogP contribution in [0.4, 0.5) is 11.4 Å². The highest BCUT2D eigenvalue weighted by atomic mass is 35.5. The minimum absolute atomic E-state index is 0.0952. The average Bonchev–Trinajstić information content (AvgIpc) is 3.06. The molecule has 0 spiro atoms. The number of rotatable bonds is 5. The van der Waals surface area contributed by atoms with Gasteiger partial charge >= 0.3 is 0 Å². The number of nitrogens with zero attached hydrogens (tertiary/aromatic N) is 1. The lowest BCUT2D eigenvalue weighted by Crippen LogP contribution is -2.28. The first-order valence-corrected chi connectivity index (χ1v) is 8.90. The number of carbonyl (C=O) groups excluding carboxylic acids is 2. The number of benzene rings is 2. The molecule has 1 N–H and O–H groups in total. The van der Waals surface area contributed by atoms with E-state index >= 15 is 0 Å². The summed E-state index contributed by atoms with van der Waals surface area (Å²) >= 11 is 6.16. The third-order valence-corrected chi connectivity index (χ3v) is 5.10. The fourth-order valence-electron chi connectivity index (χ4n) is 3.14. The third kappa shape index (κ3) is 3.85. The molecule has 6 nitrogen and oxygen atoms in total. The van der Waals surface area contributed by atoms with Crippen molar-refractivity contribution in [2.75, 3.05) is 31.0 Å². The Kier molecular flexibility index (Phi) is 5.56. The van der Waals surface area contributed by atoms with E-state index in [1.165, 1.54) is 7.11 Å². The summed E-state index contributed by atoms with van der Waals surface area (Å²) in [5.41, 5.74) is 2.10. The van der Waals surface area contributed by atoms with Gasteiger partial charge < -0.3 is 19.7 Å². The molecule has 3 rings (SSSR count). The van der Waals surface area contributed by atoms with Crippen LogP contribution < -0.4 is 19.7 Å². The van der Waals surface area contributed by atoms with Gasteiger partial charge in [-0.25, -0.2) is 0 Å². The fraction of sp³-hybridized carbons (Fsp3) is 0.300. The van der Waals surface area contributed by atoms with Crippen LogP contribution in [0.15, 0.2) is 36.4 Å². The van der Waals surface area contributed by atoms with Crippen LogP contribution in [0, 0.1) is 12.8 Å². The van der Waals surface area contributed by atoms with Gasteiger partial charge in [-0.05, 0) is 36.8 Å². The Balaban J connectivity index is 1.76. The van der Waals surface area contributed by atoms with Gasteiger partial charge in [-0.2, -0.15) is 0 Å². The van der Waals surface area contributed by atoms with Crippen molar-refractivity contribution in [2.24, 2.45) is 5.92 Å². The van der Waals surface area contributed by atoms with Crippen LogP contribution in [0.3, 0.4) is 0 Å². The van der Waals surface area contributed by atoms with Gasteiger partial charge in [0.1, 0.15) is 11.5 Å². The number of hydrogen-bond acceptors (Lipinski definition) is 4. The second-order valence-corrected chi connectivity index (χ2v) is 6.75. The summed E-state index contributed by atoms with van der Waals surface area (Å²) in [6.45, 7) is 2.17. The molecule has 27 heavy (non-hydrogen) atoms. The van der Waals surface area contributed by atoms with Crippen molar-refractivity contribution in [3.8, 4) is 11.5 Å². The monoisotopic (exact) mass is 388 g/mol. The zero-order valence-corrected chi connectivity index (χ0v) is 16.2. The van der Waals surface area contributed by atoms with E-state index in [4.69, 9.17) is 21.1 Å². The Hall–Kier alpha value is -2.73. The van der Waals surface area contributed by atoms with Crippen molar-refractivity contribution in [1.29, 1.82) is 0 Å². The second-order valence-electron chi connectivity index (χ2n) is 6.34. The number of amides is 2. The minimum Gasteiger partial charge on any atom is -0.497 e. The molecule has 1 aliphatic heterocycles. The largest absolute Gasteiger partial charge is 0.497 e. The van der Waals surface area contributed by atoms with Gasteiger partial charge in [-0.1, -0.05) is 17.7 Å². The maximum absolute atomic E-state index is 12.7. The molecule has 1 saturated heterocycles. The lowest BCUT2D eigenvalue weighted by molar-refractivity contribution is -0.122. The van der Waals surface area contributed by atoms with Gasteiger partial charge in [0.2, 0.25) is 11.8 Å². The number of halogens is 1. The first kappa shape index (κ1) is 19.0. The third-order valence-electron chi connectivity index (χ3n) is 4.69. The fourth-order valence-corrected chi connectivity index (χ4v) is 3.31. The van der Waals surface area contributed by atoms with E-state index in [2.05, 4.69) is 5.32 Å². The van der Waals surface area contributed by atoms with E-state index in [1.807, 2.05) is 13.0 Å². The van der Waals surface area contributed by atoms with Crippen molar-refractivity contribution in [2.45, 2.75) is 13.3 Å². The summed E-state index contributed by atoms with van der Waals surface area (Å²) in [7, 11) is 3.08. The first-order valence-electron chi connectivity index (χ1n) is 8.53. The lowest BCUT2D eigenvalue weighted by atomic mass is 10.1. The van der Waals surface area contributed by atoms with Crippen molar-refractivity contribution in [3.63, 3.8) is 0 Å². The average molecular weight is 389 g/mol. The number of hydrogen-bond donors (Lipinski definition) is 1. The molecule has 142 valence electrons. The summed E-state index contributed by atoms with van der Waals surface area (Å²) in [5.74, 6) is 0.344. The van der Waals surface area contributed by atoms with E-state index in [1.54, 1.807) is 42.3 Å². The molecule has 0 aliphatic carbocycles. The maximum atomic E-state index is 12.7. The van der Waals surface area contributed by atoms with Gasteiger partial charge in [-0.3, -0.25) is 9.59 Å². The topological polar surface area (TPSA) is 67.9 Å². The Labute approximate surface area is 163 Å². The summed E-state index contributed by atoms with van der Waals surface area (Å²) in [6, 6.07) is 10.6. The zero-order chi connectivity index (χ0) is 19.6. The number of carbonyl (C=O) groups is 2. The molecule has 0 saturated carbocycles. The Morgan fingerprint density at radius 2 is 2.00 bits per heavy atom. The van der Waals surface area contributed by atoms with E-state index < -0.39 is 5.92 Å². The van der Waals surface area contributed by atoms with E-state index in [0.717, 1.165) is 11.3 Å². The highest BCUT2D eigenvalue weighted by Gasteiger charge is 2.36. The number of methoxy groups -OCH3 is 2. The van der Waals surface area contributed by atoms with Crippen LogP contribution in [0.1, 0.15) is 12.0 Å². The molecule has 1 heterocycles. The van der Waals surface area contributed by atoms with Gasteiger partial charge in [0.15, 0.2) is 0 Å². The summed E-state index contributed by atoms with van der Waals surface area (Å²) in [5, 5.41) is 3.44. The van der Waals surface area contributed by atoms with Gasteiger partial charge in [0.25, 0.3) is 0 Å².